The Balaban J connectivity index is 1.29. The van der Waals surface area contributed by atoms with Crippen molar-refractivity contribution in [3.63, 3.8) is 0 Å². The molecule has 37 heavy (non-hydrogen) atoms. The molecule has 1 heterocycles. The Hall–Kier alpha value is -3.32. The molecule has 5 rings (SSSR count). The third kappa shape index (κ3) is 5.52. The molecule has 0 fully saturated rings. The number of methoxy groups -OCH3 is 2. The minimum atomic E-state index is -0.607. The van der Waals surface area contributed by atoms with Crippen molar-refractivity contribution in [2.24, 2.45) is 0 Å². The summed E-state index contributed by atoms with van der Waals surface area (Å²) in [6, 6.07) is 22.8. The topological polar surface area (TPSA) is 75.7 Å². The van der Waals surface area contributed by atoms with Crippen molar-refractivity contribution in [2.45, 2.75) is 37.4 Å². The zero-order valence-corrected chi connectivity index (χ0v) is 21.6. The van der Waals surface area contributed by atoms with Crippen LogP contribution in [-0.2, 0) is 11.2 Å². The summed E-state index contributed by atoms with van der Waals surface area (Å²) in [7, 11) is 3.33. The molecule has 3 aromatic carbocycles. The van der Waals surface area contributed by atoms with Crippen molar-refractivity contribution in [1.29, 1.82) is 0 Å². The summed E-state index contributed by atoms with van der Waals surface area (Å²) in [5.74, 6) is 1.41. The molecule has 0 saturated carbocycles. The molecule has 1 aliphatic carbocycles. The third-order valence-electron chi connectivity index (χ3n) is 7.34. The van der Waals surface area contributed by atoms with Crippen LogP contribution in [0.5, 0.6) is 11.5 Å². The van der Waals surface area contributed by atoms with Gasteiger partial charge in [0.05, 0.1) is 33.0 Å². The maximum atomic E-state index is 10.8. The van der Waals surface area contributed by atoms with E-state index < -0.39 is 6.10 Å². The van der Waals surface area contributed by atoms with Crippen molar-refractivity contribution in [1.82, 2.24) is 10.3 Å². The van der Waals surface area contributed by atoms with Crippen LogP contribution in [0.4, 0.5) is 0 Å². The molecule has 0 amide bonds. The Labute approximate surface area is 218 Å². The molecular weight excluding hydrogens is 464 g/mol. The molecule has 6 nitrogen and oxygen atoms in total. The van der Waals surface area contributed by atoms with Crippen LogP contribution in [0.25, 0.3) is 10.9 Å². The molecule has 0 saturated heterocycles. The molecular formula is C31H36N2O4. The van der Waals surface area contributed by atoms with Crippen LogP contribution in [0.1, 0.15) is 47.1 Å². The number of aliphatic hydroxyl groups is 1. The maximum absolute atomic E-state index is 10.8. The number of fused-ring (bicyclic) bond motifs is 2. The van der Waals surface area contributed by atoms with Gasteiger partial charge in [-0.05, 0) is 48.1 Å². The maximum Gasteiger partial charge on any atom is 0.164 e. The number of rotatable bonds is 11. The largest absolute Gasteiger partial charge is 0.493 e. The molecule has 0 radical (unpaired) electrons. The second-order valence-corrected chi connectivity index (χ2v) is 9.65. The molecule has 194 valence electrons. The number of nitrogens with one attached hydrogen (secondary N) is 2. The first kappa shape index (κ1) is 25.3. The van der Waals surface area contributed by atoms with Crippen molar-refractivity contribution in [2.75, 3.05) is 33.9 Å². The summed E-state index contributed by atoms with van der Waals surface area (Å²) >= 11 is 0. The van der Waals surface area contributed by atoms with Gasteiger partial charge in [-0.1, -0.05) is 54.6 Å². The summed E-state index contributed by atoms with van der Waals surface area (Å²) in [4.78, 5) is 3.40. The zero-order chi connectivity index (χ0) is 25.6. The second-order valence-electron chi connectivity index (χ2n) is 9.65. The van der Waals surface area contributed by atoms with Gasteiger partial charge in [0.2, 0.25) is 0 Å². The number of hydrogen-bond donors (Lipinski definition) is 3. The highest BCUT2D eigenvalue weighted by molar-refractivity contribution is 5.84. The van der Waals surface area contributed by atoms with Crippen LogP contribution in [0.3, 0.4) is 0 Å². The van der Waals surface area contributed by atoms with Crippen LogP contribution in [0.2, 0.25) is 0 Å². The molecule has 1 aliphatic rings. The Morgan fingerprint density at radius 2 is 1.78 bits per heavy atom. The van der Waals surface area contributed by atoms with Crippen molar-refractivity contribution in [3.8, 4) is 11.5 Å². The number of para-hydroxylation sites is 2. The van der Waals surface area contributed by atoms with Crippen LogP contribution in [0.15, 0.2) is 72.9 Å². The van der Waals surface area contributed by atoms with Gasteiger partial charge in [-0.25, -0.2) is 0 Å². The number of aryl methyl sites for hydroxylation is 1. The first-order valence-corrected chi connectivity index (χ1v) is 13.0. The second kappa shape index (κ2) is 11.8. The molecule has 0 aliphatic heterocycles. The van der Waals surface area contributed by atoms with Gasteiger partial charge in [-0.2, -0.15) is 0 Å². The molecule has 1 aromatic heterocycles. The monoisotopic (exact) mass is 500 g/mol. The van der Waals surface area contributed by atoms with E-state index in [1.165, 1.54) is 22.1 Å². The predicted octanol–water partition coefficient (Wildman–Crippen LogP) is 5.36. The van der Waals surface area contributed by atoms with Gasteiger partial charge in [0, 0.05) is 41.7 Å². The highest BCUT2D eigenvalue weighted by Crippen LogP contribution is 2.40. The lowest BCUT2D eigenvalue weighted by Gasteiger charge is -2.27. The quantitative estimate of drug-likeness (QED) is 0.258. The number of aromatic nitrogens is 1. The molecule has 0 unspecified atom stereocenters. The molecule has 6 heteroatoms. The number of ether oxygens (including phenoxy) is 3. The first-order chi connectivity index (χ1) is 18.2. The van der Waals surface area contributed by atoms with Crippen LogP contribution >= 0.6 is 0 Å². The third-order valence-corrected chi connectivity index (χ3v) is 7.34. The zero-order valence-electron chi connectivity index (χ0n) is 21.6. The van der Waals surface area contributed by atoms with E-state index in [4.69, 9.17) is 14.2 Å². The summed E-state index contributed by atoms with van der Waals surface area (Å²) in [6.07, 6.45) is 4.73. The lowest BCUT2D eigenvalue weighted by molar-refractivity contribution is -0.0166. The van der Waals surface area contributed by atoms with Gasteiger partial charge in [0.25, 0.3) is 0 Å². The minimum absolute atomic E-state index is 0.0143. The van der Waals surface area contributed by atoms with E-state index in [0.717, 1.165) is 36.1 Å². The average Bonchev–Trinajstić information content (AvgIpc) is 3.37. The summed E-state index contributed by atoms with van der Waals surface area (Å²) in [5, 5.41) is 15.4. The number of benzene rings is 3. The number of hydrogen-bond acceptors (Lipinski definition) is 5. The highest BCUT2D eigenvalue weighted by Gasteiger charge is 2.24. The fraction of sp³-hybridized carbons (Fsp3) is 0.355. The molecule has 0 spiro atoms. The normalized spacial score (nSPS) is 16.8. The predicted molar refractivity (Wildman–Crippen MR) is 147 cm³/mol. The lowest BCUT2D eigenvalue weighted by Crippen LogP contribution is -2.34. The van der Waals surface area contributed by atoms with Crippen molar-refractivity contribution < 1.29 is 19.3 Å². The van der Waals surface area contributed by atoms with E-state index >= 15 is 0 Å². The SMILES string of the molecule is COc1cccc([C@H](CNC[C@H](O)CO[C@H]2CCCc3ccccc32)c2c[nH]c3ccccc23)c1OC. The van der Waals surface area contributed by atoms with Gasteiger partial charge < -0.3 is 29.6 Å². The summed E-state index contributed by atoms with van der Waals surface area (Å²) < 4.78 is 17.5. The first-order valence-electron chi connectivity index (χ1n) is 13.0. The average molecular weight is 501 g/mol. The molecule has 3 atom stereocenters. The van der Waals surface area contributed by atoms with E-state index in [1.807, 2.05) is 18.2 Å². The Kier molecular flexibility index (Phi) is 8.09. The number of aliphatic hydroxyl groups excluding tert-OH is 1. The van der Waals surface area contributed by atoms with E-state index in [-0.39, 0.29) is 12.0 Å². The van der Waals surface area contributed by atoms with Gasteiger partial charge >= 0.3 is 0 Å². The molecule has 0 bridgehead atoms. The fourth-order valence-electron chi connectivity index (χ4n) is 5.52. The van der Waals surface area contributed by atoms with Crippen LogP contribution in [0, 0.1) is 0 Å². The number of H-pyrrole nitrogens is 1. The van der Waals surface area contributed by atoms with Gasteiger partial charge in [0.1, 0.15) is 0 Å². The summed E-state index contributed by atoms with van der Waals surface area (Å²) in [6.45, 7) is 1.35. The van der Waals surface area contributed by atoms with Crippen LogP contribution in [-0.4, -0.2) is 50.1 Å². The van der Waals surface area contributed by atoms with Crippen molar-refractivity contribution in [3.05, 3.63) is 95.2 Å². The standard InChI is InChI=1S/C31H36N2O4/c1-35-30-16-8-13-25(31(30)36-2)26(27-19-33-28-14-6-5-12-24(27)28)18-32-17-22(34)20-37-29-15-7-10-21-9-3-4-11-23(21)29/h3-6,8-9,11-14,16,19,22,26,29,32-34H,7,10,15,17-18,20H2,1-2H3/t22-,26-,29-/m0/s1. The Morgan fingerprint density at radius 3 is 2.65 bits per heavy atom. The van der Waals surface area contributed by atoms with E-state index in [1.54, 1.807) is 14.2 Å². The van der Waals surface area contributed by atoms with Crippen molar-refractivity contribution >= 4 is 10.9 Å². The van der Waals surface area contributed by atoms with E-state index in [0.29, 0.717) is 25.4 Å². The Morgan fingerprint density at radius 1 is 0.946 bits per heavy atom. The van der Waals surface area contributed by atoms with E-state index in [9.17, 15) is 5.11 Å². The van der Waals surface area contributed by atoms with E-state index in [2.05, 4.69) is 65.0 Å². The van der Waals surface area contributed by atoms with Gasteiger partial charge in [0.15, 0.2) is 11.5 Å². The van der Waals surface area contributed by atoms with Gasteiger partial charge in [-0.15, -0.1) is 0 Å². The minimum Gasteiger partial charge on any atom is -0.493 e. The summed E-state index contributed by atoms with van der Waals surface area (Å²) in [5.41, 5.74) is 5.91. The fourth-order valence-corrected chi connectivity index (χ4v) is 5.52. The molecule has 4 aromatic rings. The number of aromatic amines is 1. The smallest absolute Gasteiger partial charge is 0.164 e. The van der Waals surface area contributed by atoms with Gasteiger partial charge in [-0.3, -0.25) is 0 Å². The Bertz CT molecular complexity index is 1320. The lowest BCUT2D eigenvalue weighted by atomic mass is 9.89. The highest BCUT2D eigenvalue weighted by atomic mass is 16.5. The van der Waals surface area contributed by atoms with Crippen LogP contribution < -0.4 is 14.8 Å². The molecule has 3 N–H and O–H groups in total.